The number of carbonyl (C=O) groups is 2. The molecule has 0 saturated carbocycles. The van der Waals surface area contributed by atoms with E-state index in [2.05, 4.69) is 5.32 Å². The number of nitrogens with zero attached hydrogens (tertiary/aromatic N) is 1. The van der Waals surface area contributed by atoms with Crippen LogP contribution in [0, 0.1) is 13.8 Å². The fourth-order valence-corrected chi connectivity index (χ4v) is 2.16. The second-order valence-electron chi connectivity index (χ2n) is 5.36. The van der Waals surface area contributed by atoms with Gasteiger partial charge in [0.15, 0.2) is 0 Å². The quantitative estimate of drug-likeness (QED) is 0.941. The van der Waals surface area contributed by atoms with Crippen LogP contribution in [0.4, 0.5) is 11.4 Å². The van der Waals surface area contributed by atoms with E-state index in [0.29, 0.717) is 0 Å². The number of carbonyl (C=O) groups excluding carboxylic acids is 2. The summed E-state index contributed by atoms with van der Waals surface area (Å²) in [4.78, 5) is 25.5. The van der Waals surface area contributed by atoms with Gasteiger partial charge in [0.25, 0.3) is 0 Å². The number of hydrogen-bond acceptors (Lipinski definition) is 2. The number of amides is 2. The van der Waals surface area contributed by atoms with E-state index in [1.165, 1.54) is 11.8 Å². The van der Waals surface area contributed by atoms with E-state index >= 15 is 0 Å². The molecule has 0 atom stereocenters. The van der Waals surface area contributed by atoms with E-state index in [4.69, 9.17) is 0 Å². The third-order valence-corrected chi connectivity index (χ3v) is 3.33. The first kappa shape index (κ1) is 15.8. The maximum atomic E-state index is 12.2. The largest absolute Gasteiger partial charge is 0.325 e. The van der Waals surface area contributed by atoms with Crippen molar-refractivity contribution in [1.29, 1.82) is 0 Å². The topological polar surface area (TPSA) is 49.4 Å². The zero-order chi connectivity index (χ0) is 16.1. The number of hydrogen-bond donors (Lipinski definition) is 1. The van der Waals surface area contributed by atoms with Crippen LogP contribution in [-0.2, 0) is 9.59 Å². The minimum atomic E-state index is -0.222. The molecule has 114 valence electrons. The van der Waals surface area contributed by atoms with E-state index in [0.717, 1.165) is 22.5 Å². The van der Waals surface area contributed by atoms with Gasteiger partial charge in [-0.1, -0.05) is 29.8 Å². The van der Waals surface area contributed by atoms with Crippen LogP contribution in [0.3, 0.4) is 0 Å². The first-order valence-electron chi connectivity index (χ1n) is 7.17. The summed E-state index contributed by atoms with van der Waals surface area (Å²) < 4.78 is 0. The van der Waals surface area contributed by atoms with Gasteiger partial charge in [-0.15, -0.1) is 0 Å². The standard InChI is InChI=1S/C18H20N2O2/c1-13-7-9-16(10-8-13)19-18(22)12-20(15(3)21)17-6-4-5-14(2)11-17/h4-11H,12H2,1-3H3,(H,19,22). The summed E-state index contributed by atoms with van der Waals surface area (Å²) in [5.41, 5.74) is 3.63. The van der Waals surface area contributed by atoms with E-state index in [-0.39, 0.29) is 18.4 Å². The third-order valence-electron chi connectivity index (χ3n) is 3.33. The van der Waals surface area contributed by atoms with Crippen molar-refractivity contribution >= 4 is 23.2 Å². The molecule has 2 amide bonds. The van der Waals surface area contributed by atoms with Crippen LogP contribution < -0.4 is 10.2 Å². The normalized spacial score (nSPS) is 10.1. The highest BCUT2D eigenvalue weighted by Gasteiger charge is 2.15. The Hall–Kier alpha value is -2.62. The van der Waals surface area contributed by atoms with Crippen molar-refractivity contribution in [3.63, 3.8) is 0 Å². The molecule has 0 spiro atoms. The van der Waals surface area contributed by atoms with Crippen LogP contribution in [-0.4, -0.2) is 18.4 Å². The fourth-order valence-electron chi connectivity index (χ4n) is 2.16. The Kier molecular flexibility index (Phi) is 4.94. The molecule has 0 aliphatic heterocycles. The minimum absolute atomic E-state index is 0.00728. The van der Waals surface area contributed by atoms with Gasteiger partial charge in [-0.05, 0) is 43.7 Å². The predicted molar refractivity (Wildman–Crippen MR) is 89.0 cm³/mol. The average molecular weight is 296 g/mol. The Bertz CT molecular complexity index is 678. The lowest BCUT2D eigenvalue weighted by molar-refractivity contribution is -0.120. The molecule has 2 aromatic rings. The van der Waals surface area contributed by atoms with Crippen molar-refractivity contribution in [3.8, 4) is 0 Å². The number of aryl methyl sites for hydroxylation is 2. The molecule has 0 saturated heterocycles. The second-order valence-corrected chi connectivity index (χ2v) is 5.36. The number of anilines is 2. The summed E-state index contributed by atoms with van der Waals surface area (Å²) in [6.45, 7) is 5.39. The molecule has 2 aromatic carbocycles. The molecule has 0 heterocycles. The van der Waals surface area contributed by atoms with Crippen molar-refractivity contribution < 1.29 is 9.59 Å². The highest BCUT2D eigenvalue weighted by molar-refractivity contribution is 6.01. The van der Waals surface area contributed by atoms with Gasteiger partial charge < -0.3 is 10.2 Å². The van der Waals surface area contributed by atoms with Gasteiger partial charge in [-0.25, -0.2) is 0 Å². The van der Waals surface area contributed by atoms with Crippen molar-refractivity contribution in [2.24, 2.45) is 0 Å². The van der Waals surface area contributed by atoms with E-state index in [9.17, 15) is 9.59 Å². The summed E-state index contributed by atoms with van der Waals surface area (Å²) in [5.74, 6) is -0.384. The van der Waals surface area contributed by atoms with Gasteiger partial charge in [0, 0.05) is 18.3 Å². The first-order chi connectivity index (χ1) is 10.5. The number of rotatable bonds is 4. The lowest BCUT2D eigenvalue weighted by Gasteiger charge is -2.21. The van der Waals surface area contributed by atoms with E-state index < -0.39 is 0 Å². The van der Waals surface area contributed by atoms with Gasteiger partial charge in [0.2, 0.25) is 11.8 Å². The molecule has 0 radical (unpaired) electrons. The first-order valence-corrected chi connectivity index (χ1v) is 7.17. The van der Waals surface area contributed by atoms with Gasteiger partial charge in [-0.2, -0.15) is 0 Å². The smallest absolute Gasteiger partial charge is 0.244 e. The van der Waals surface area contributed by atoms with Gasteiger partial charge in [-0.3, -0.25) is 9.59 Å². The molecule has 0 aliphatic rings. The maximum absolute atomic E-state index is 12.2. The molecule has 1 N–H and O–H groups in total. The van der Waals surface area contributed by atoms with Gasteiger partial charge >= 0.3 is 0 Å². The zero-order valence-electron chi connectivity index (χ0n) is 13.1. The van der Waals surface area contributed by atoms with Crippen molar-refractivity contribution in [2.75, 3.05) is 16.8 Å². The highest BCUT2D eigenvalue weighted by atomic mass is 16.2. The molecule has 2 rings (SSSR count). The predicted octanol–water partition coefficient (Wildman–Crippen LogP) is 3.30. The van der Waals surface area contributed by atoms with Crippen LogP contribution >= 0.6 is 0 Å². The lowest BCUT2D eigenvalue weighted by atomic mass is 10.2. The van der Waals surface area contributed by atoms with Crippen molar-refractivity contribution in [3.05, 3.63) is 59.7 Å². The Morgan fingerprint density at radius 1 is 1.00 bits per heavy atom. The van der Waals surface area contributed by atoms with Gasteiger partial charge in [0.05, 0.1) is 0 Å². The maximum Gasteiger partial charge on any atom is 0.244 e. The summed E-state index contributed by atoms with van der Waals surface area (Å²) in [6, 6.07) is 15.1. The summed E-state index contributed by atoms with van der Waals surface area (Å²) in [5, 5.41) is 2.81. The molecule has 0 aromatic heterocycles. The van der Waals surface area contributed by atoms with Crippen LogP contribution in [0.5, 0.6) is 0 Å². The average Bonchev–Trinajstić information content (AvgIpc) is 2.47. The molecule has 0 bridgehead atoms. The second kappa shape index (κ2) is 6.89. The third kappa shape index (κ3) is 4.19. The Morgan fingerprint density at radius 2 is 1.68 bits per heavy atom. The Labute approximate surface area is 130 Å². The fraction of sp³-hybridized carbons (Fsp3) is 0.222. The van der Waals surface area contributed by atoms with Crippen LogP contribution in [0.15, 0.2) is 48.5 Å². The molecular formula is C18H20N2O2. The van der Waals surface area contributed by atoms with E-state index in [1.807, 2.05) is 62.4 Å². The summed E-state index contributed by atoms with van der Waals surface area (Å²) in [6.07, 6.45) is 0. The molecule has 0 aliphatic carbocycles. The van der Waals surface area contributed by atoms with Crippen LogP contribution in [0.2, 0.25) is 0 Å². The van der Waals surface area contributed by atoms with Crippen LogP contribution in [0.1, 0.15) is 18.1 Å². The zero-order valence-corrected chi connectivity index (χ0v) is 13.1. The minimum Gasteiger partial charge on any atom is -0.325 e. The monoisotopic (exact) mass is 296 g/mol. The summed E-state index contributed by atoms with van der Waals surface area (Å²) >= 11 is 0. The number of nitrogens with one attached hydrogen (secondary N) is 1. The SMILES string of the molecule is CC(=O)N(CC(=O)Nc1ccc(C)cc1)c1cccc(C)c1. The molecule has 0 fully saturated rings. The van der Waals surface area contributed by atoms with Crippen molar-refractivity contribution in [2.45, 2.75) is 20.8 Å². The molecule has 4 heteroatoms. The van der Waals surface area contributed by atoms with E-state index in [1.54, 1.807) is 0 Å². The Morgan fingerprint density at radius 3 is 2.27 bits per heavy atom. The van der Waals surface area contributed by atoms with Crippen LogP contribution in [0.25, 0.3) is 0 Å². The molecule has 0 unspecified atom stereocenters. The molecule has 4 nitrogen and oxygen atoms in total. The molecular weight excluding hydrogens is 276 g/mol. The van der Waals surface area contributed by atoms with Crippen molar-refractivity contribution in [1.82, 2.24) is 0 Å². The summed E-state index contributed by atoms with van der Waals surface area (Å²) in [7, 11) is 0. The molecule has 22 heavy (non-hydrogen) atoms. The highest BCUT2D eigenvalue weighted by Crippen LogP contribution is 2.16. The van der Waals surface area contributed by atoms with Gasteiger partial charge in [0.1, 0.15) is 6.54 Å². The number of benzene rings is 2. The lowest BCUT2D eigenvalue weighted by Crippen LogP contribution is -2.36. The Balaban J connectivity index is 2.09.